The highest BCUT2D eigenvalue weighted by Gasteiger charge is 2.25. The summed E-state index contributed by atoms with van der Waals surface area (Å²) >= 11 is 1.91. The topological polar surface area (TPSA) is 57.2 Å². The molecule has 0 aromatic heterocycles. The Bertz CT molecular complexity index is 862. The van der Waals surface area contributed by atoms with Crippen LogP contribution in [0.4, 0.5) is 0 Å². The molecule has 1 aliphatic heterocycles. The van der Waals surface area contributed by atoms with Crippen molar-refractivity contribution in [3.8, 4) is 5.75 Å². The van der Waals surface area contributed by atoms with Gasteiger partial charge in [0.15, 0.2) is 5.96 Å². The average molecular weight is 569 g/mol. The van der Waals surface area contributed by atoms with E-state index < -0.39 is 0 Å². The van der Waals surface area contributed by atoms with Crippen molar-refractivity contribution in [2.75, 3.05) is 46.6 Å². The molecule has 32 heavy (non-hydrogen) atoms. The fourth-order valence-corrected chi connectivity index (χ4v) is 4.42. The average Bonchev–Trinajstić information content (AvgIpc) is 3.27. The van der Waals surface area contributed by atoms with E-state index in [4.69, 9.17) is 9.73 Å². The summed E-state index contributed by atoms with van der Waals surface area (Å²) in [7, 11) is 5.20. The van der Waals surface area contributed by atoms with Crippen molar-refractivity contribution < 1.29 is 9.53 Å². The van der Waals surface area contributed by atoms with Crippen molar-refractivity contribution in [1.29, 1.82) is 0 Å². The third kappa shape index (κ3) is 8.20. The molecule has 1 amide bonds. The highest BCUT2D eigenvalue weighted by molar-refractivity contribution is 14.0. The molecule has 2 aromatic carbocycles. The highest BCUT2D eigenvalue weighted by Crippen LogP contribution is 2.26. The van der Waals surface area contributed by atoms with Gasteiger partial charge in [-0.1, -0.05) is 30.3 Å². The molecule has 1 aliphatic rings. The van der Waals surface area contributed by atoms with Gasteiger partial charge in [0, 0.05) is 37.8 Å². The number of guanidine groups is 1. The molecule has 1 atom stereocenters. The molecular weight excluding hydrogens is 535 g/mol. The Hall–Kier alpha value is -1.94. The first-order valence-corrected chi connectivity index (χ1v) is 11.6. The number of nitrogens with one attached hydrogen (secondary N) is 1. The van der Waals surface area contributed by atoms with Gasteiger partial charge in [0.25, 0.3) is 0 Å². The summed E-state index contributed by atoms with van der Waals surface area (Å²) in [4.78, 5) is 22.1. The predicted octanol–water partition coefficient (Wildman–Crippen LogP) is 3.96. The van der Waals surface area contributed by atoms with Crippen LogP contribution in [-0.2, 0) is 11.3 Å². The van der Waals surface area contributed by atoms with Crippen molar-refractivity contribution in [3.05, 3.63) is 60.2 Å². The van der Waals surface area contributed by atoms with Crippen molar-refractivity contribution in [2.45, 2.75) is 17.9 Å². The van der Waals surface area contributed by atoms with Crippen molar-refractivity contribution in [2.24, 2.45) is 10.9 Å². The van der Waals surface area contributed by atoms with Gasteiger partial charge in [-0.2, -0.15) is 0 Å². The number of hydrogen-bond donors (Lipinski definition) is 1. The van der Waals surface area contributed by atoms with E-state index in [-0.39, 0.29) is 36.4 Å². The predicted molar refractivity (Wildman–Crippen MR) is 143 cm³/mol. The van der Waals surface area contributed by atoms with Crippen molar-refractivity contribution in [1.82, 2.24) is 15.1 Å². The zero-order chi connectivity index (χ0) is 22.1. The summed E-state index contributed by atoms with van der Waals surface area (Å²) in [6.07, 6.45) is 1.13. The molecule has 1 N–H and O–H groups in total. The van der Waals surface area contributed by atoms with Crippen molar-refractivity contribution in [3.63, 3.8) is 0 Å². The molecule has 0 bridgehead atoms. The zero-order valence-electron chi connectivity index (χ0n) is 19.0. The Kier molecular flexibility index (Phi) is 11.2. The number of aliphatic imine (C=N–C) groups is 1. The molecule has 0 aliphatic carbocycles. The lowest BCUT2D eigenvalue weighted by Crippen LogP contribution is -2.44. The number of likely N-dealkylation sites (N-methyl/N-ethyl adjacent to an activating group) is 1. The Morgan fingerprint density at radius 2 is 1.91 bits per heavy atom. The maximum Gasteiger partial charge on any atom is 0.241 e. The SMILES string of the molecule is COc1ccc(CN=C(NCC(=O)N(C)C)N2CCC(CSc3ccccc3)C2)cc1.I. The Labute approximate surface area is 212 Å². The lowest BCUT2D eigenvalue weighted by molar-refractivity contribution is -0.127. The van der Waals surface area contributed by atoms with Crippen LogP contribution in [0.2, 0.25) is 0 Å². The van der Waals surface area contributed by atoms with Gasteiger partial charge in [-0.25, -0.2) is 4.99 Å². The minimum absolute atomic E-state index is 0. The third-order valence-electron chi connectivity index (χ3n) is 5.28. The molecule has 2 aromatic rings. The lowest BCUT2D eigenvalue weighted by Gasteiger charge is -2.23. The Balaban J connectivity index is 0.00000363. The van der Waals surface area contributed by atoms with E-state index in [0.717, 1.165) is 42.5 Å². The molecule has 0 spiro atoms. The number of amides is 1. The first-order chi connectivity index (χ1) is 15.0. The number of benzene rings is 2. The second kappa shape index (κ2) is 13.6. The lowest BCUT2D eigenvalue weighted by atomic mass is 10.2. The van der Waals surface area contributed by atoms with Crippen LogP contribution in [0.3, 0.4) is 0 Å². The van der Waals surface area contributed by atoms with Gasteiger partial charge < -0.3 is 19.9 Å². The van der Waals surface area contributed by atoms with Crippen LogP contribution < -0.4 is 10.1 Å². The Morgan fingerprint density at radius 1 is 1.19 bits per heavy atom. The van der Waals surface area contributed by atoms with E-state index in [1.54, 1.807) is 26.1 Å². The summed E-state index contributed by atoms with van der Waals surface area (Å²) in [5.74, 6) is 3.36. The number of nitrogens with zero attached hydrogens (tertiary/aromatic N) is 3. The fourth-order valence-electron chi connectivity index (χ4n) is 3.37. The van der Waals surface area contributed by atoms with Crippen LogP contribution in [0, 0.1) is 5.92 Å². The van der Waals surface area contributed by atoms with Crippen molar-refractivity contribution >= 4 is 47.6 Å². The molecule has 174 valence electrons. The first-order valence-electron chi connectivity index (χ1n) is 10.6. The number of methoxy groups -OCH3 is 1. The molecule has 1 saturated heterocycles. The van der Waals surface area contributed by atoms with Crippen LogP contribution in [0.25, 0.3) is 0 Å². The van der Waals surface area contributed by atoms with Gasteiger partial charge in [0.05, 0.1) is 20.2 Å². The van der Waals surface area contributed by atoms with E-state index in [1.807, 2.05) is 42.1 Å². The van der Waals surface area contributed by atoms with Gasteiger partial charge >= 0.3 is 0 Å². The van der Waals surface area contributed by atoms with E-state index in [0.29, 0.717) is 12.5 Å². The van der Waals surface area contributed by atoms with Crippen LogP contribution in [-0.4, -0.2) is 68.3 Å². The molecule has 0 saturated carbocycles. The van der Waals surface area contributed by atoms with Crippen LogP contribution in [0.5, 0.6) is 5.75 Å². The van der Waals surface area contributed by atoms with Gasteiger partial charge in [-0.3, -0.25) is 4.79 Å². The van der Waals surface area contributed by atoms with Gasteiger partial charge in [0.2, 0.25) is 5.91 Å². The van der Waals surface area contributed by atoms with Crippen LogP contribution in [0.15, 0.2) is 64.5 Å². The summed E-state index contributed by atoms with van der Waals surface area (Å²) in [6, 6.07) is 18.5. The maximum absolute atomic E-state index is 12.1. The summed E-state index contributed by atoms with van der Waals surface area (Å²) in [5, 5.41) is 3.28. The number of thioether (sulfide) groups is 1. The number of carbonyl (C=O) groups excluding carboxylic acids is 1. The normalized spacial score (nSPS) is 15.8. The second-order valence-electron chi connectivity index (χ2n) is 7.85. The number of rotatable bonds is 8. The summed E-state index contributed by atoms with van der Waals surface area (Å²) in [5.41, 5.74) is 1.11. The maximum atomic E-state index is 12.1. The molecular formula is C24H33IN4O2S. The molecule has 3 rings (SSSR count). The minimum atomic E-state index is 0. The molecule has 0 radical (unpaired) electrons. The fraction of sp³-hybridized carbons (Fsp3) is 0.417. The van der Waals surface area contributed by atoms with Crippen LogP contribution >= 0.6 is 35.7 Å². The largest absolute Gasteiger partial charge is 0.497 e. The molecule has 8 heteroatoms. The molecule has 1 heterocycles. The van der Waals surface area contributed by atoms with Gasteiger partial charge in [0.1, 0.15) is 5.75 Å². The summed E-state index contributed by atoms with van der Waals surface area (Å²) < 4.78 is 5.23. The number of halogens is 1. The monoisotopic (exact) mass is 568 g/mol. The van der Waals surface area contributed by atoms with E-state index in [1.165, 1.54) is 4.90 Å². The zero-order valence-corrected chi connectivity index (χ0v) is 22.1. The summed E-state index contributed by atoms with van der Waals surface area (Å²) in [6.45, 7) is 2.70. The van der Waals surface area contributed by atoms with Gasteiger partial charge in [-0.05, 0) is 42.2 Å². The Morgan fingerprint density at radius 3 is 2.56 bits per heavy atom. The molecule has 1 unspecified atom stereocenters. The number of hydrogen-bond acceptors (Lipinski definition) is 4. The number of ether oxygens (including phenoxy) is 1. The van der Waals surface area contributed by atoms with Gasteiger partial charge in [-0.15, -0.1) is 35.7 Å². The second-order valence-corrected chi connectivity index (χ2v) is 8.95. The number of carbonyl (C=O) groups is 1. The van der Waals surface area contributed by atoms with E-state index in [9.17, 15) is 4.79 Å². The van der Waals surface area contributed by atoms with E-state index in [2.05, 4.69) is 34.5 Å². The number of likely N-dealkylation sites (tertiary alicyclic amines) is 1. The highest BCUT2D eigenvalue weighted by atomic mass is 127. The standard InChI is InChI=1S/C24H32N4O2S.HI/c1-27(2)23(29)16-26-24(25-15-19-9-11-21(30-3)12-10-19)28-14-13-20(17-28)18-31-22-7-5-4-6-8-22;/h4-12,20H,13-18H2,1-3H3,(H,25,26);1H. The van der Waals surface area contributed by atoms with Crippen LogP contribution in [0.1, 0.15) is 12.0 Å². The minimum Gasteiger partial charge on any atom is -0.497 e. The third-order valence-corrected chi connectivity index (χ3v) is 6.52. The smallest absolute Gasteiger partial charge is 0.241 e. The quantitative estimate of drug-likeness (QED) is 0.226. The van der Waals surface area contributed by atoms with E-state index >= 15 is 0 Å². The molecule has 1 fully saturated rings. The first kappa shape index (κ1) is 26.3. The molecule has 6 nitrogen and oxygen atoms in total.